The summed E-state index contributed by atoms with van der Waals surface area (Å²) in [6.45, 7) is 4.27. The van der Waals surface area contributed by atoms with Gasteiger partial charge in [-0.3, -0.25) is 5.10 Å². The topological polar surface area (TPSA) is 40.7 Å². The van der Waals surface area contributed by atoms with Gasteiger partial charge in [-0.25, -0.2) is 0 Å². The van der Waals surface area contributed by atoms with Crippen molar-refractivity contribution in [3.63, 3.8) is 0 Å². The summed E-state index contributed by atoms with van der Waals surface area (Å²) in [4.78, 5) is 0. The van der Waals surface area contributed by atoms with Crippen molar-refractivity contribution in [1.82, 2.24) is 10.2 Å². The van der Waals surface area contributed by atoms with Gasteiger partial charge in [-0.15, -0.1) is 0 Å². The van der Waals surface area contributed by atoms with E-state index >= 15 is 0 Å². The molecular formula is C10H17N3. The van der Waals surface area contributed by atoms with Gasteiger partial charge in [-0.2, -0.15) is 5.10 Å². The van der Waals surface area contributed by atoms with Crippen LogP contribution < -0.4 is 5.32 Å². The van der Waals surface area contributed by atoms with Crippen molar-refractivity contribution in [3.05, 3.63) is 11.3 Å². The molecule has 1 heterocycles. The number of H-pyrrole nitrogens is 1. The number of hydrogen-bond acceptors (Lipinski definition) is 2. The fourth-order valence-corrected chi connectivity index (χ4v) is 1.66. The fourth-order valence-electron chi connectivity index (χ4n) is 1.66. The summed E-state index contributed by atoms with van der Waals surface area (Å²) in [6, 6.07) is 0.673. The maximum absolute atomic E-state index is 4.27. The van der Waals surface area contributed by atoms with Gasteiger partial charge in [0.2, 0.25) is 0 Å². The van der Waals surface area contributed by atoms with E-state index in [1.165, 1.54) is 30.5 Å². The number of nitrogens with one attached hydrogen (secondary N) is 2. The van der Waals surface area contributed by atoms with Crippen molar-refractivity contribution in [2.75, 3.05) is 5.32 Å². The molecule has 72 valence electrons. The van der Waals surface area contributed by atoms with Crippen molar-refractivity contribution in [1.29, 1.82) is 0 Å². The third-order valence-electron chi connectivity index (χ3n) is 2.91. The van der Waals surface area contributed by atoms with Crippen molar-refractivity contribution in [3.8, 4) is 0 Å². The van der Waals surface area contributed by atoms with Gasteiger partial charge in [-0.1, -0.05) is 6.92 Å². The number of aromatic nitrogens is 2. The van der Waals surface area contributed by atoms with Crippen molar-refractivity contribution >= 4 is 5.82 Å². The van der Waals surface area contributed by atoms with E-state index in [4.69, 9.17) is 0 Å². The highest BCUT2D eigenvalue weighted by molar-refractivity contribution is 5.46. The minimum absolute atomic E-state index is 0.673. The second-order valence-electron chi connectivity index (χ2n) is 3.80. The molecule has 2 N–H and O–H groups in total. The number of aromatic amines is 1. The first-order valence-corrected chi connectivity index (χ1v) is 5.11. The molecule has 0 aromatic carbocycles. The quantitative estimate of drug-likeness (QED) is 0.747. The van der Waals surface area contributed by atoms with Crippen LogP contribution in [0.4, 0.5) is 5.82 Å². The molecule has 1 saturated carbocycles. The van der Waals surface area contributed by atoms with Gasteiger partial charge in [0.15, 0.2) is 5.82 Å². The zero-order chi connectivity index (χ0) is 9.26. The van der Waals surface area contributed by atoms with Crippen LogP contribution in [-0.4, -0.2) is 16.2 Å². The highest BCUT2D eigenvalue weighted by atomic mass is 15.2. The van der Waals surface area contributed by atoms with Crippen molar-refractivity contribution < 1.29 is 0 Å². The van der Waals surface area contributed by atoms with Crippen LogP contribution in [0.15, 0.2) is 0 Å². The molecule has 0 atom stereocenters. The zero-order valence-electron chi connectivity index (χ0n) is 8.35. The van der Waals surface area contributed by atoms with Crippen LogP contribution in [0.25, 0.3) is 0 Å². The first kappa shape index (κ1) is 8.60. The number of nitrogens with zero attached hydrogens (tertiary/aromatic N) is 1. The summed E-state index contributed by atoms with van der Waals surface area (Å²) in [5, 5.41) is 10.8. The lowest BCUT2D eigenvalue weighted by atomic mass is 9.93. The van der Waals surface area contributed by atoms with Gasteiger partial charge in [0, 0.05) is 17.3 Å². The van der Waals surface area contributed by atoms with E-state index in [9.17, 15) is 0 Å². The Bertz CT molecular complexity index is 286. The SMILES string of the molecule is CCc1[nH]nc(NC2CCC2)c1C. The van der Waals surface area contributed by atoms with E-state index in [2.05, 4.69) is 29.4 Å². The normalized spacial score (nSPS) is 17.1. The maximum Gasteiger partial charge on any atom is 0.151 e. The Kier molecular flexibility index (Phi) is 2.25. The Morgan fingerprint density at radius 3 is 2.77 bits per heavy atom. The average Bonchev–Trinajstić information content (AvgIpc) is 2.40. The molecule has 1 aliphatic rings. The van der Waals surface area contributed by atoms with Gasteiger partial charge in [0.05, 0.1) is 0 Å². The Labute approximate surface area is 78.9 Å². The second kappa shape index (κ2) is 3.40. The molecule has 3 heteroatoms. The molecule has 2 rings (SSSR count). The standard InChI is InChI=1S/C10H17N3/c1-3-9-7(2)10(13-12-9)11-8-5-4-6-8/h8H,3-6H2,1-2H3,(H2,11,12,13). The van der Waals surface area contributed by atoms with Crippen molar-refractivity contribution in [2.24, 2.45) is 0 Å². The lowest BCUT2D eigenvalue weighted by molar-refractivity contribution is 0.444. The molecule has 13 heavy (non-hydrogen) atoms. The minimum atomic E-state index is 0.673. The molecule has 0 bridgehead atoms. The molecule has 1 aliphatic carbocycles. The Balaban J connectivity index is 2.06. The van der Waals surface area contributed by atoms with Gasteiger partial charge >= 0.3 is 0 Å². The van der Waals surface area contributed by atoms with Gasteiger partial charge in [-0.05, 0) is 32.6 Å². The molecule has 0 amide bonds. The van der Waals surface area contributed by atoms with Crippen molar-refractivity contribution in [2.45, 2.75) is 45.6 Å². The third-order valence-corrected chi connectivity index (χ3v) is 2.91. The lowest BCUT2D eigenvalue weighted by Gasteiger charge is -2.26. The molecule has 0 spiro atoms. The van der Waals surface area contributed by atoms with E-state index < -0.39 is 0 Å². The van der Waals surface area contributed by atoms with Crippen LogP contribution in [0, 0.1) is 6.92 Å². The van der Waals surface area contributed by atoms with Gasteiger partial charge in [0.1, 0.15) is 0 Å². The van der Waals surface area contributed by atoms with Crippen LogP contribution in [0.2, 0.25) is 0 Å². The molecular weight excluding hydrogens is 162 g/mol. The number of aryl methyl sites for hydroxylation is 1. The molecule has 1 fully saturated rings. The van der Waals surface area contributed by atoms with Crippen LogP contribution in [0.3, 0.4) is 0 Å². The molecule has 0 unspecified atom stereocenters. The summed E-state index contributed by atoms with van der Waals surface area (Å²) in [7, 11) is 0. The summed E-state index contributed by atoms with van der Waals surface area (Å²) in [5.74, 6) is 1.06. The highest BCUT2D eigenvalue weighted by Gasteiger charge is 2.19. The predicted molar refractivity (Wildman–Crippen MR) is 54.0 cm³/mol. The highest BCUT2D eigenvalue weighted by Crippen LogP contribution is 2.24. The smallest absolute Gasteiger partial charge is 0.151 e. The largest absolute Gasteiger partial charge is 0.366 e. The lowest BCUT2D eigenvalue weighted by Crippen LogP contribution is -2.27. The monoisotopic (exact) mass is 179 g/mol. The maximum atomic E-state index is 4.27. The predicted octanol–water partition coefficient (Wildman–Crippen LogP) is 2.24. The van der Waals surface area contributed by atoms with Gasteiger partial charge in [0.25, 0.3) is 0 Å². The Hall–Kier alpha value is -0.990. The minimum Gasteiger partial charge on any atom is -0.366 e. The summed E-state index contributed by atoms with van der Waals surface area (Å²) < 4.78 is 0. The molecule has 1 aromatic heterocycles. The summed E-state index contributed by atoms with van der Waals surface area (Å²) >= 11 is 0. The van der Waals surface area contributed by atoms with E-state index in [-0.39, 0.29) is 0 Å². The molecule has 0 saturated heterocycles. The Morgan fingerprint density at radius 2 is 2.31 bits per heavy atom. The zero-order valence-corrected chi connectivity index (χ0v) is 8.35. The summed E-state index contributed by atoms with van der Waals surface area (Å²) in [6.07, 6.45) is 4.99. The first-order valence-electron chi connectivity index (χ1n) is 5.11. The van der Waals surface area contributed by atoms with Crippen LogP contribution in [-0.2, 0) is 6.42 Å². The summed E-state index contributed by atoms with van der Waals surface area (Å²) in [5.41, 5.74) is 2.54. The second-order valence-corrected chi connectivity index (χ2v) is 3.80. The molecule has 1 aromatic rings. The number of anilines is 1. The molecule has 0 radical (unpaired) electrons. The van der Waals surface area contributed by atoms with Crippen LogP contribution in [0.5, 0.6) is 0 Å². The fraction of sp³-hybridized carbons (Fsp3) is 0.700. The van der Waals surface area contributed by atoms with E-state index in [0.717, 1.165) is 12.2 Å². The number of hydrogen-bond donors (Lipinski definition) is 2. The average molecular weight is 179 g/mol. The van der Waals surface area contributed by atoms with E-state index in [1.807, 2.05) is 0 Å². The first-order chi connectivity index (χ1) is 6.31. The van der Waals surface area contributed by atoms with Crippen LogP contribution in [0.1, 0.15) is 37.4 Å². The molecule has 0 aliphatic heterocycles. The van der Waals surface area contributed by atoms with Crippen LogP contribution >= 0.6 is 0 Å². The third kappa shape index (κ3) is 1.55. The molecule has 3 nitrogen and oxygen atoms in total. The number of rotatable bonds is 3. The Morgan fingerprint density at radius 1 is 1.54 bits per heavy atom. The van der Waals surface area contributed by atoms with E-state index in [0.29, 0.717) is 6.04 Å². The van der Waals surface area contributed by atoms with E-state index in [1.54, 1.807) is 0 Å². The van der Waals surface area contributed by atoms with Gasteiger partial charge < -0.3 is 5.32 Å².